The Hall–Kier alpha value is -3.67. The fraction of sp³-hybridized carbons (Fsp3) is 0.333. The summed E-state index contributed by atoms with van der Waals surface area (Å²) in [6.45, 7) is 3.35. The van der Waals surface area contributed by atoms with Crippen LogP contribution < -0.4 is 11.1 Å². The van der Waals surface area contributed by atoms with E-state index in [4.69, 9.17) is 19.4 Å². The first-order valence-corrected chi connectivity index (χ1v) is 9.90. The Bertz CT molecular complexity index is 1250. The van der Waals surface area contributed by atoms with Crippen LogP contribution in [0.25, 0.3) is 5.76 Å². The molecule has 0 aromatic carbocycles. The number of carbonyl (C=O) groups is 1. The lowest BCUT2D eigenvalue weighted by Crippen LogP contribution is -2.17. The second-order valence-corrected chi connectivity index (χ2v) is 7.40. The lowest BCUT2D eigenvalue weighted by Gasteiger charge is -2.23. The van der Waals surface area contributed by atoms with Gasteiger partial charge >= 0.3 is 6.18 Å². The monoisotopic (exact) mass is 463 g/mol. The van der Waals surface area contributed by atoms with Gasteiger partial charge in [-0.3, -0.25) is 10.1 Å². The van der Waals surface area contributed by atoms with Crippen LogP contribution in [0.2, 0.25) is 0 Å². The highest BCUT2D eigenvalue weighted by atomic mass is 19.4. The molecular formula is C21H20F3N5O4. The number of nitrogens with one attached hydrogen (secondary N) is 1. The molecule has 1 unspecified atom stereocenters. The normalized spacial score (nSPS) is 15.7. The number of methoxy groups -OCH3 is 1. The van der Waals surface area contributed by atoms with Gasteiger partial charge < -0.3 is 19.4 Å². The van der Waals surface area contributed by atoms with Crippen molar-refractivity contribution in [2.45, 2.75) is 38.9 Å². The Balaban J connectivity index is 1.70. The Morgan fingerprint density at radius 3 is 2.67 bits per heavy atom. The van der Waals surface area contributed by atoms with E-state index in [0.717, 1.165) is 6.07 Å². The molecule has 0 saturated carbocycles. The summed E-state index contributed by atoms with van der Waals surface area (Å²) in [6.07, 6.45) is -2.69. The molecule has 3 heterocycles. The van der Waals surface area contributed by atoms with E-state index in [1.54, 1.807) is 19.9 Å². The van der Waals surface area contributed by atoms with Gasteiger partial charge in [-0.1, -0.05) is 11.2 Å². The van der Waals surface area contributed by atoms with Gasteiger partial charge in [0.1, 0.15) is 17.1 Å². The first-order valence-electron chi connectivity index (χ1n) is 9.90. The molecule has 0 radical (unpaired) electrons. The number of aromatic nitrogens is 3. The van der Waals surface area contributed by atoms with Gasteiger partial charge in [-0.2, -0.15) is 13.2 Å². The molecule has 1 aliphatic carbocycles. The molecule has 1 aliphatic rings. The molecular weight excluding hydrogens is 443 g/mol. The minimum absolute atomic E-state index is 0.0369. The average molecular weight is 463 g/mol. The highest BCUT2D eigenvalue weighted by molar-refractivity contribution is 6.03. The largest absolute Gasteiger partial charge is 0.495 e. The van der Waals surface area contributed by atoms with Crippen LogP contribution in [-0.4, -0.2) is 28.1 Å². The molecule has 174 valence electrons. The van der Waals surface area contributed by atoms with Crippen molar-refractivity contribution in [3.05, 3.63) is 63.8 Å². The van der Waals surface area contributed by atoms with Crippen LogP contribution in [0, 0.1) is 13.8 Å². The minimum atomic E-state index is -4.61. The first kappa shape index (κ1) is 22.5. The second kappa shape index (κ2) is 8.35. The minimum Gasteiger partial charge on any atom is -0.495 e. The van der Waals surface area contributed by atoms with Crippen molar-refractivity contribution in [2.75, 3.05) is 12.4 Å². The maximum atomic E-state index is 13.2. The van der Waals surface area contributed by atoms with Crippen molar-refractivity contribution in [1.82, 2.24) is 15.1 Å². The van der Waals surface area contributed by atoms with Gasteiger partial charge in [0.05, 0.1) is 25.3 Å². The van der Waals surface area contributed by atoms with Crippen LogP contribution in [-0.2, 0) is 17.5 Å². The first-order chi connectivity index (χ1) is 15.6. The predicted octanol–water partition coefficient (Wildman–Crippen LogP) is 3.93. The lowest BCUT2D eigenvalue weighted by atomic mass is 9.88. The molecule has 0 saturated heterocycles. The number of hydrogen-bond acceptors (Lipinski definition) is 8. The summed E-state index contributed by atoms with van der Waals surface area (Å²) in [5, 5.41) is 6.37. The Kier molecular flexibility index (Phi) is 5.70. The number of hydrogen-bond donors (Lipinski definition) is 2. The maximum absolute atomic E-state index is 13.2. The van der Waals surface area contributed by atoms with E-state index in [2.05, 4.69) is 20.4 Å². The Labute approximate surface area is 185 Å². The molecule has 0 bridgehead atoms. The number of nitrogens with two attached hydrogens (primary N) is 1. The van der Waals surface area contributed by atoms with Crippen molar-refractivity contribution in [3.63, 3.8) is 0 Å². The van der Waals surface area contributed by atoms with E-state index < -0.39 is 23.7 Å². The van der Waals surface area contributed by atoms with E-state index in [9.17, 15) is 18.0 Å². The van der Waals surface area contributed by atoms with Gasteiger partial charge in [0.25, 0.3) is 5.91 Å². The number of oxazole rings is 1. The predicted molar refractivity (Wildman–Crippen MR) is 109 cm³/mol. The highest BCUT2D eigenvalue weighted by Crippen LogP contribution is 2.40. The second-order valence-electron chi connectivity index (χ2n) is 7.40. The summed E-state index contributed by atoms with van der Waals surface area (Å²) < 4.78 is 55.6. The molecule has 1 atom stereocenters. The third-order valence-electron chi connectivity index (χ3n) is 5.38. The summed E-state index contributed by atoms with van der Waals surface area (Å²) in [5.41, 5.74) is 6.40. The molecule has 4 rings (SSSR count). The van der Waals surface area contributed by atoms with Gasteiger partial charge in [0.2, 0.25) is 11.8 Å². The molecule has 9 nitrogen and oxygen atoms in total. The standard InChI is InChI=1S/C21H20F3N5O4/c1-9-10(2)29-33-19(9)28-18(30)17-14(8-25)32-20(27-17)12-4-6-13(31-3)16-11(12)5-7-15(26-16)21(22,23)24/h5-7,12H,4,8,25H2,1-3H3,(H,28,30). The summed E-state index contributed by atoms with van der Waals surface area (Å²) in [5.74, 6) is -0.564. The number of amides is 1. The maximum Gasteiger partial charge on any atom is 0.433 e. The summed E-state index contributed by atoms with van der Waals surface area (Å²) in [4.78, 5) is 20.9. The van der Waals surface area contributed by atoms with E-state index in [1.807, 2.05) is 0 Å². The summed E-state index contributed by atoms with van der Waals surface area (Å²) in [7, 11) is 1.35. The van der Waals surface area contributed by atoms with E-state index in [-0.39, 0.29) is 41.2 Å². The zero-order valence-corrected chi connectivity index (χ0v) is 17.9. The number of anilines is 1. The van der Waals surface area contributed by atoms with Crippen molar-refractivity contribution >= 4 is 17.6 Å². The number of rotatable bonds is 5. The third-order valence-corrected chi connectivity index (χ3v) is 5.38. The van der Waals surface area contributed by atoms with Gasteiger partial charge in [-0.05, 0) is 38.0 Å². The van der Waals surface area contributed by atoms with Gasteiger partial charge in [0.15, 0.2) is 11.5 Å². The van der Waals surface area contributed by atoms with Crippen LogP contribution in [0.5, 0.6) is 0 Å². The molecule has 0 aliphatic heterocycles. The van der Waals surface area contributed by atoms with Gasteiger partial charge in [-0.15, -0.1) is 0 Å². The Morgan fingerprint density at radius 1 is 1.30 bits per heavy atom. The number of allylic oxidation sites excluding steroid dienone is 1. The number of carbonyl (C=O) groups excluding carboxylic acids is 1. The van der Waals surface area contributed by atoms with Crippen LogP contribution in [0.4, 0.5) is 19.1 Å². The molecule has 33 heavy (non-hydrogen) atoms. The fourth-order valence-corrected chi connectivity index (χ4v) is 3.50. The van der Waals surface area contributed by atoms with Gasteiger partial charge in [-0.25, -0.2) is 9.97 Å². The SMILES string of the molecule is COC1=CCC(c2nc(C(=O)Nc3onc(C)c3C)c(CN)o2)c2ccc(C(F)(F)F)nc21. The number of ether oxygens (including phenoxy) is 1. The van der Waals surface area contributed by atoms with Crippen molar-refractivity contribution in [1.29, 1.82) is 0 Å². The van der Waals surface area contributed by atoms with E-state index in [0.29, 0.717) is 23.2 Å². The highest BCUT2D eigenvalue weighted by Gasteiger charge is 2.36. The topological polar surface area (TPSA) is 129 Å². The van der Waals surface area contributed by atoms with Crippen LogP contribution in [0.3, 0.4) is 0 Å². The quantitative estimate of drug-likeness (QED) is 0.582. The van der Waals surface area contributed by atoms with Crippen molar-refractivity contribution in [3.8, 4) is 0 Å². The van der Waals surface area contributed by atoms with Crippen molar-refractivity contribution in [2.24, 2.45) is 5.73 Å². The van der Waals surface area contributed by atoms with E-state index in [1.165, 1.54) is 13.2 Å². The number of fused-ring (bicyclic) bond motifs is 1. The lowest BCUT2D eigenvalue weighted by molar-refractivity contribution is -0.141. The molecule has 3 aromatic rings. The van der Waals surface area contributed by atoms with Crippen LogP contribution >= 0.6 is 0 Å². The van der Waals surface area contributed by atoms with Crippen LogP contribution in [0.15, 0.2) is 27.1 Å². The molecule has 1 amide bonds. The number of halogens is 3. The Morgan fingerprint density at radius 2 is 2.06 bits per heavy atom. The zero-order valence-electron chi connectivity index (χ0n) is 17.9. The third kappa shape index (κ3) is 4.09. The smallest absolute Gasteiger partial charge is 0.433 e. The average Bonchev–Trinajstić information content (AvgIpc) is 3.36. The zero-order chi connectivity index (χ0) is 23.9. The molecule has 12 heteroatoms. The fourth-order valence-electron chi connectivity index (χ4n) is 3.50. The molecule has 0 spiro atoms. The number of pyridine rings is 1. The summed E-state index contributed by atoms with van der Waals surface area (Å²) in [6, 6.07) is 2.20. The van der Waals surface area contributed by atoms with Crippen LogP contribution in [0.1, 0.15) is 62.7 Å². The number of alkyl halides is 3. The number of aryl methyl sites for hydroxylation is 1. The van der Waals surface area contributed by atoms with Crippen molar-refractivity contribution < 1.29 is 31.6 Å². The molecule has 3 aromatic heterocycles. The van der Waals surface area contributed by atoms with Gasteiger partial charge in [0, 0.05) is 5.56 Å². The molecule has 3 N–H and O–H groups in total. The van der Waals surface area contributed by atoms with E-state index >= 15 is 0 Å². The summed E-state index contributed by atoms with van der Waals surface area (Å²) >= 11 is 0. The number of nitrogens with zero attached hydrogens (tertiary/aromatic N) is 3. The molecule has 0 fully saturated rings.